The first kappa shape index (κ1) is 9.22. The van der Waals surface area contributed by atoms with E-state index in [4.69, 9.17) is 0 Å². The zero-order chi connectivity index (χ0) is 9.26. The Kier molecular flexibility index (Phi) is 2.70. The molecule has 0 aliphatic heterocycles. The summed E-state index contributed by atoms with van der Waals surface area (Å²) < 4.78 is 0. The first-order valence-corrected chi connectivity index (χ1v) is 5.98. The number of hydrogen-bond acceptors (Lipinski definition) is 2. The largest absolute Gasteiger partial charge is 0.312 e. The zero-order valence-electron chi connectivity index (χ0n) is 8.34. The van der Waals surface area contributed by atoms with Crippen LogP contribution >= 0.6 is 11.3 Å². The molecule has 0 radical (unpaired) electrons. The lowest BCUT2D eigenvalue weighted by Crippen LogP contribution is -2.18. The Morgan fingerprint density at radius 1 is 1.62 bits per heavy atom. The molecule has 72 valence electrons. The molecule has 1 N–H and O–H groups in total. The van der Waals surface area contributed by atoms with Crippen LogP contribution in [0, 0.1) is 5.92 Å². The first-order chi connectivity index (χ1) is 6.36. The van der Waals surface area contributed by atoms with Gasteiger partial charge in [-0.25, -0.2) is 0 Å². The molecule has 0 amide bonds. The number of hydrogen-bond donors (Lipinski definition) is 1. The van der Waals surface area contributed by atoms with Gasteiger partial charge in [0.2, 0.25) is 0 Å². The molecule has 1 unspecified atom stereocenters. The van der Waals surface area contributed by atoms with Crippen LogP contribution in [0.4, 0.5) is 0 Å². The molecule has 1 aromatic heterocycles. The SMILES string of the molecule is CCc1ccsc1C(NC)C1CC1. The van der Waals surface area contributed by atoms with Crippen molar-refractivity contribution in [3.63, 3.8) is 0 Å². The fourth-order valence-corrected chi connectivity index (χ4v) is 3.12. The molecule has 1 aliphatic rings. The van der Waals surface area contributed by atoms with E-state index >= 15 is 0 Å². The van der Waals surface area contributed by atoms with E-state index in [2.05, 4.69) is 30.7 Å². The molecule has 1 heterocycles. The molecule has 1 aromatic rings. The van der Waals surface area contributed by atoms with Crippen LogP contribution in [-0.4, -0.2) is 7.05 Å². The minimum Gasteiger partial charge on any atom is -0.312 e. The highest BCUT2D eigenvalue weighted by atomic mass is 32.1. The summed E-state index contributed by atoms with van der Waals surface area (Å²) in [7, 11) is 2.09. The third-order valence-electron chi connectivity index (χ3n) is 2.85. The van der Waals surface area contributed by atoms with Crippen LogP contribution in [0.3, 0.4) is 0 Å². The number of aryl methyl sites for hydroxylation is 1. The summed E-state index contributed by atoms with van der Waals surface area (Å²) in [6.45, 7) is 2.24. The number of nitrogens with one attached hydrogen (secondary N) is 1. The summed E-state index contributed by atoms with van der Waals surface area (Å²) in [4.78, 5) is 1.58. The highest BCUT2D eigenvalue weighted by Gasteiger charge is 2.32. The smallest absolute Gasteiger partial charge is 0.0443 e. The minimum atomic E-state index is 0.634. The summed E-state index contributed by atoms with van der Waals surface area (Å²) in [5, 5.41) is 5.67. The third-order valence-corrected chi connectivity index (χ3v) is 3.89. The van der Waals surface area contributed by atoms with Gasteiger partial charge in [-0.1, -0.05) is 6.92 Å². The zero-order valence-corrected chi connectivity index (χ0v) is 9.16. The lowest BCUT2D eigenvalue weighted by molar-refractivity contribution is 0.534. The molecule has 13 heavy (non-hydrogen) atoms. The van der Waals surface area contributed by atoms with Crippen LogP contribution in [0.1, 0.15) is 36.2 Å². The average molecular weight is 195 g/mol. The Labute approximate surface area is 84.2 Å². The third kappa shape index (κ3) is 1.79. The van der Waals surface area contributed by atoms with Crippen LogP contribution in [0.15, 0.2) is 11.4 Å². The van der Waals surface area contributed by atoms with E-state index in [1.165, 1.54) is 24.8 Å². The molecular formula is C11H17NS. The lowest BCUT2D eigenvalue weighted by atomic mass is 10.1. The van der Waals surface area contributed by atoms with Crippen LogP contribution in [0.5, 0.6) is 0 Å². The normalized spacial score (nSPS) is 18.9. The van der Waals surface area contributed by atoms with Gasteiger partial charge in [-0.2, -0.15) is 0 Å². The van der Waals surface area contributed by atoms with Crippen molar-refractivity contribution in [3.05, 3.63) is 21.9 Å². The predicted octanol–water partition coefficient (Wildman–Crippen LogP) is 2.98. The summed E-state index contributed by atoms with van der Waals surface area (Å²) in [6, 6.07) is 2.90. The van der Waals surface area contributed by atoms with Gasteiger partial charge in [-0.15, -0.1) is 11.3 Å². The second-order valence-electron chi connectivity index (χ2n) is 3.77. The molecule has 1 fully saturated rings. The summed E-state index contributed by atoms with van der Waals surface area (Å²) in [6.07, 6.45) is 3.99. The van der Waals surface area contributed by atoms with Crippen LogP contribution < -0.4 is 5.32 Å². The van der Waals surface area contributed by atoms with E-state index in [0.717, 1.165) is 5.92 Å². The maximum Gasteiger partial charge on any atom is 0.0443 e. The van der Waals surface area contributed by atoms with E-state index in [1.807, 2.05) is 11.3 Å². The van der Waals surface area contributed by atoms with Gasteiger partial charge in [-0.05, 0) is 49.2 Å². The van der Waals surface area contributed by atoms with Crippen molar-refractivity contribution in [2.24, 2.45) is 5.92 Å². The quantitative estimate of drug-likeness (QED) is 0.779. The molecule has 2 heteroatoms. The molecular weight excluding hydrogens is 178 g/mol. The molecule has 1 aliphatic carbocycles. The van der Waals surface area contributed by atoms with E-state index in [0.29, 0.717) is 6.04 Å². The van der Waals surface area contributed by atoms with Crippen LogP contribution in [0.2, 0.25) is 0 Å². The van der Waals surface area contributed by atoms with E-state index in [-0.39, 0.29) is 0 Å². The molecule has 1 saturated carbocycles. The highest BCUT2D eigenvalue weighted by Crippen LogP contribution is 2.43. The van der Waals surface area contributed by atoms with Crippen molar-refractivity contribution in [1.29, 1.82) is 0 Å². The number of thiophene rings is 1. The van der Waals surface area contributed by atoms with Gasteiger partial charge in [-0.3, -0.25) is 0 Å². The van der Waals surface area contributed by atoms with Gasteiger partial charge in [0.15, 0.2) is 0 Å². The topological polar surface area (TPSA) is 12.0 Å². The maximum absolute atomic E-state index is 3.45. The van der Waals surface area contributed by atoms with Crippen LogP contribution in [-0.2, 0) is 6.42 Å². The highest BCUT2D eigenvalue weighted by molar-refractivity contribution is 7.10. The van der Waals surface area contributed by atoms with E-state index in [1.54, 1.807) is 4.88 Å². The van der Waals surface area contributed by atoms with Crippen molar-refractivity contribution in [2.45, 2.75) is 32.2 Å². The molecule has 0 saturated heterocycles. The van der Waals surface area contributed by atoms with Gasteiger partial charge < -0.3 is 5.32 Å². The Morgan fingerprint density at radius 2 is 2.38 bits per heavy atom. The van der Waals surface area contributed by atoms with Gasteiger partial charge in [0, 0.05) is 10.9 Å². The predicted molar refractivity (Wildman–Crippen MR) is 58.2 cm³/mol. The van der Waals surface area contributed by atoms with Gasteiger partial charge in [0.25, 0.3) is 0 Å². The fourth-order valence-electron chi connectivity index (χ4n) is 1.92. The van der Waals surface area contributed by atoms with E-state index in [9.17, 15) is 0 Å². The Morgan fingerprint density at radius 3 is 2.92 bits per heavy atom. The van der Waals surface area contributed by atoms with Crippen molar-refractivity contribution in [3.8, 4) is 0 Å². The molecule has 1 atom stereocenters. The van der Waals surface area contributed by atoms with Crippen molar-refractivity contribution >= 4 is 11.3 Å². The monoisotopic (exact) mass is 195 g/mol. The van der Waals surface area contributed by atoms with E-state index < -0.39 is 0 Å². The summed E-state index contributed by atoms with van der Waals surface area (Å²) >= 11 is 1.91. The molecule has 0 bridgehead atoms. The molecule has 0 aromatic carbocycles. The lowest BCUT2D eigenvalue weighted by Gasteiger charge is -2.15. The van der Waals surface area contributed by atoms with Crippen molar-refractivity contribution < 1.29 is 0 Å². The van der Waals surface area contributed by atoms with Gasteiger partial charge in [0.05, 0.1) is 0 Å². The molecule has 0 spiro atoms. The standard InChI is InChI=1S/C11H17NS/c1-3-8-6-7-13-11(8)10(12-2)9-4-5-9/h6-7,9-10,12H,3-5H2,1-2H3. The molecule has 1 nitrogen and oxygen atoms in total. The Hall–Kier alpha value is -0.340. The Bertz CT molecular complexity index is 275. The minimum absolute atomic E-state index is 0.634. The summed E-state index contributed by atoms with van der Waals surface area (Å²) in [5.41, 5.74) is 1.54. The first-order valence-electron chi connectivity index (χ1n) is 5.10. The van der Waals surface area contributed by atoms with Crippen LogP contribution in [0.25, 0.3) is 0 Å². The second-order valence-corrected chi connectivity index (χ2v) is 4.72. The average Bonchev–Trinajstić information content (AvgIpc) is 2.86. The second kappa shape index (κ2) is 3.81. The Balaban J connectivity index is 2.20. The van der Waals surface area contributed by atoms with Crippen molar-refractivity contribution in [1.82, 2.24) is 5.32 Å². The molecule has 2 rings (SSSR count). The van der Waals surface area contributed by atoms with Crippen molar-refractivity contribution in [2.75, 3.05) is 7.05 Å². The van der Waals surface area contributed by atoms with Gasteiger partial charge in [0.1, 0.15) is 0 Å². The fraction of sp³-hybridized carbons (Fsp3) is 0.636. The summed E-state index contributed by atoms with van der Waals surface area (Å²) in [5.74, 6) is 0.911. The van der Waals surface area contributed by atoms with Gasteiger partial charge >= 0.3 is 0 Å². The maximum atomic E-state index is 3.45. The number of rotatable bonds is 4.